The van der Waals surface area contributed by atoms with E-state index in [1.165, 1.54) is 6.07 Å². The number of carbonyl (C=O) groups excluding carboxylic acids is 2. The third-order valence-corrected chi connectivity index (χ3v) is 4.70. The van der Waals surface area contributed by atoms with Gasteiger partial charge < -0.3 is 16.0 Å². The number of carbonyl (C=O) groups is 2. The Morgan fingerprint density at radius 3 is 2.54 bits per heavy atom. The number of anilines is 2. The number of aryl methyl sites for hydroxylation is 1. The minimum Gasteiger partial charge on any atom is -0.376 e. The Morgan fingerprint density at radius 1 is 1.14 bits per heavy atom. The van der Waals surface area contributed by atoms with Crippen molar-refractivity contribution in [3.63, 3.8) is 0 Å². The van der Waals surface area contributed by atoms with Crippen molar-refractivity contribution in [2.75, 3.05) is 17.2 Å². The van der Waals surface area contributed by atoms with Crippen LogP contribution in [-0.2, 0) is 4.79 Å². The van der Waals surface area contributed by atoms with Gasteiger partial charge in [0, 0.05) is 17.8 Å². The van der Waals surface area contributed by atoms with E-state index in [1.807, 2.05) is 6.92 Å². The lowest BCUT2D eigenvalue weighted by molar-refractivity contribution is -0.384. The fourth-order valence-electron chi connectivity index (χ4n) is 2.80. The summed E-state index contributed by atoms with van der Waals surface area (Å²) in [6.45, 7) is 3.42. The lowest BCUT2D eigenvalue weighted by Gasteiger charge is -2.14. The summed E-state index contributed by atoms with van der Waals surface area (Å²) in [6, 6.07) is 10.2. The number of rotatable bonds is 7. The van der Waals surface area contributed by atoms with Gasteiger partial charge in [-0.25, -0.2) is 0 Å². The highest BCUT2D eigenvalue weighted by Gasteiger charge is 2.25. The fourth-order valence-corrected chi connectivity index (χ4v) is 2.80. The van der Waals surface area contributed by atoms with Crippen molar-refractivity contribution in [1.82, 2.24) is 5.32 Å². The van der Waals surface area contributed by atoms with Crippen LogP contribution >= 0.6 is 0 Å². The van der Waals surface area contributed by atoms with E-state index < -0.39 is 10.8 Å². The Morgan fingerprint density at radius 2 is 1.86 bits per heavy atom. The van der Waals surface area contributed by atoms with Gasteiger partial charge in [-0.3, -0.25) is 19.7 Å². The van der Waals surface area contributed by atoms with E-state index in [1.54, 1.807) is 37.3 Å². The number of nitro benzene ring substituents is 1. The van der Waals surface area contributed by atoms with E-state index in [0.717, 1.165) is 18.4 Å². The number of nitro groups is 1. The molecule has 1 aliphatic carbocycles. The van der Waals surface area contributed by atoms with Crippen molar-refractivity contribution < 1.29 is 14.5 Å². The van der Waals surface area contributed by atoms with Gasteiger partial charge in [0.25, 0.3) is 11.6 Å². The molecule has 0 saturated heterocycles. The van der Waals surface area contributed by atoms with E-state index in [0.29, 0.717) is 16.8 Å². The molecule has 0 unspecified atom stereocenters. The molecule has 0 bridgehead atoms. The summed E-state index contributed by atoms with van der Waals surface area (Å²) in [4.78, 5) is 35.5. The lowest BCUT2D eigenvalue weighted by atomic mass is 10.1. The van der Waals surface area contributed by atoms with E-state index in [4.69, 9.17) is 0 Å². The molecular formula is C20H22N4O4. The molecule has 2 aromatic carbocycles. The largest absolute Gasteiger partial charge is 0.376 e. The van der Waals surface area contributed by atoms with Crippen LogP contribution in [0.3, 0.4) is 0 Å². The van der Waals surface area contributed by atoms with Gasteiger partial charge in [0.15, 0.2) is 0 Å². The van der Waals surface area contributed by atoms with Gasteiger partial charge in [0.1, 0.15) is 5.69 Å². The fraction of sp³-hybridized carbons (Fsp3) is 0.300. The van der Waals surface area contributed by atoms with E-state index in [9.17, 15) is 19.7 Å². The Kier molecular flexibility index (Phi) is 5.58. The molecule has 1 saturated carbocycles. The van der Waals surface area contributed by atoms with Crippen LogP contribution in [0.25, 0.3) is 0 Å². The first kappa shape index (κ1) is 19.3. The van der Waals surface area contributed by atoms with Crippen LogP contribution in [0.15, 0.2) is 36.4 Å². The van der Waals surface area contributed by atoms with Crippen molar-refractivity contribution in [3.05, 3.63) is 63.2 Å². The predicted molar refractivity (Wildman–Crippen MR) is 107 cm³/mol. The van der Waals surface area contributed by atoms with Crippen molar-refractivity contribution in [2.24, 2.45) is 0 Å². The average Bonchev–Trinajstić information content (AvgIpc) is 3.47. The van der Waals surface area contributed by atoms with Crippen molar-refractivity contribution in [1.29, 1.82) is 0 Å². The van der Waals surface area contributed by atoms with Crippen LogP contribution in [0.2, 0.25) is 0 Å². The Bertz CT molecular complexity index is 938. The SMILES string of the molecule is Cc1ccc([N+](=O)[O-])c(NC(=O)CNc2ccccc2C(=O)NC2CC2)c1C. The highest BCUT2D eigenvalue weighted by Crippen LogP contribution is 2.30. The zero-order valence-electron chi connectivity index (χ0n) is 15.7. The molecule has 3 rings (SSSR count). The summed E-state index contributed by atoms with van der Waals surface area (Å²) in [5, 5.41) is 19.7. The van der Waals surface area contributed by atoms with Gasteiger partial charge in [-0.1, -0.05) is 18.2 Å². The molecule has 0 aromatic heterocycles. The molecule has 0 radical (unpaired) electrons. The standard InChI is InChI=1S/C20H22N4O4/c1-12-7-10-17(24(27)28)19(13(12)2)23-18(25)11-21-16-6-4-3-5-15(16)20(26)22-14-8-9-14/h3-7,10,14,21H,8-9,11H2,1-2H3,(H,22,26)(H,23,25). The normalized spacial score (nSPS) is 12.9. The zero-order valence-corrected chi connectivity index (χ0v) is 15.7. The van der Waals surface area contributed by atoms with Gasteiger partial charge in [-0.2, -0.15) is 0 Å². The van der Waals surface area contributed by atoms with Crippen LogP contribution in [0, 0.1) is 24.0 Å². The lowest BCUT2D eigenvalue weighted by Crippen LogP contribution is -2.28. The maximum Gasteiger partial charge on any atom is 0.293 e. The van der Waals surface area contributed by atoms with Crippen molar-refractivity contribution in [3.8, 4) is 0 Å². The van der Waals surface area contributed by atoms with Gasteiger partial charge in [-0.15, -0.1) is 0 Å². The second-order valence-corrected chi connectivity index (χ2v) is 6.85. The number of para-hydroxylation sites is 1. The van der Waals surface area contributed by atoms with Gasteiger partial charge in [0.2, 0.25) is 5.91 Å². The molecule has 8 nitrogen and oxygen atoms in total. The Hall–Kier alpha value is -3.42. The minimum absolute atomic E-state index is 0.127. The molecule has 0 heterocycles. The number of benzene rings is 2. The quantitative estimate of drug-likeness (QED) is 0.503. The third kappa shape index (κ3) is 4.46. The Labute approximate surface area is 162 Å². The molecule has 2 amide bonds. The molecule has 0 atom stereocenters. The van der Waals surface area contributed by atoms with Crippen LogP contribution < -0.4 is 16.0 Å². The molecule has 8 heteroatoms. The number of amides is 2. The molecule has 28 heavy (non-hydrogen) atoms. The summed E-state index contributed by atoms with van der Waals surface area (Å²) < 4.78 is 0. The van der Waals surface area contributed by atoms with Gasteiger partial charge in [-0.05, 0) is 49.9 Å². The first-order valence-electron chi connectivity index (χ1n) is 9.05. The van der Waals surface area contributed by atoms with Gasteiger partial charge >= 0.3 is 0 Å². The highest BCUT2D eigenvalue weighted by atomic mass is 16.6. The molecule has 1 fully saturated rings. The maximum atomic E-state index is 12.4. The second kappa shape index (κ2) is 8.08. The molecular weight excluding hydrogens is 360 g/mol. The van der Waals surface area contributed by atoms with E-state index >= 15 is 0 Å². The van der Waals surface area contributed by atoms with E-state index in [2.05, 4.69) is 16.0 Å². The maximum absolute atomic E-state index is 12.4. The van der Waals surface area contributed by atoms with Crippen LogP contribution in [0.5, 0.6) is 0 Å². The van der Waals surface area contributed by atoms with Crippen molar-refractivity contribution >= 4 is 28.9 Å². The van der Waals surface area contributed by atoms with E-state index in [-0.39, 0.29) is 29.9 Å². The summed E-state index contributed by atoms with van der Waals surface area (Å²) in [5.74, 6) is -0.620. The summed E-state index contributed by atoms with van der Waals surface area (Å²) in [6.07, 6.45) is 1.97. The van der Waals surface area contributed by atoms with Crippen LogP contribution in [0.1, 0.15) is 34.3 Å². The monoisotopic (exact) mass is 382 g/mol. The van der Waals surface area contributed by atoms with Crippen LogP contribution in [0.4, 0.5) is 17.1 Å². The summed E-state index contributed by atoms with van der Waals surface area (Å²) in [7, 11) is 0. The first-order chi connectivity index (χ1) is 13.4. The van der Waals surface area contributed by atoms with Crippen LogP contribution in [-0.4, -0.2) is 29.3 Å². The number of hydrogen-bond donors (Lipinski definition) is 3. The highest BCUT2D eigenvalue weighted by molar-refractivity contribution is 6.01. The molecule has 2 aromatic rings. The smallest absolute Gasteiger partial charge is 0.293 e. The minimum atomic E-state index is -0.521. The average molecular weight is 382 g/mol. The molecule has 0 aliphatic heterocycles. The summed E-state index contributed by atoms with van der Waals surface area (Å²) >= 11 is 0. The molecule has 146 valence electrons. The summed E-state index contributed by atoms with van der Waals surface area (Å²) in [5.41, 5.74) is 2.52. The third-order valence-electron chi connectivity index (χ3n) is 4.70. The molecule has 3 N–H and O–H groups in total. The number of hydrogen-bond acceptors (Lipinski definition) is 5. The first-order valence-corrected chi connectivity index (χ1v) is 9.05. The van der Waals surface area contributed by atoms with Gasteiger partial charge in [0.05, 0.1) is 17.0 Å². The van der Waals surface area contributed by atoms with Crippen molar-refractivity contribution in [2.45, 2.75) is 32.7 Å². The number of nitrogens with one attached hydrogen (secondary N) is 3. The predicted octanol–water partition coefficient (Wildman–Crippen LogP) is 3.15. The Balaban J connectivity index is 1.70. The zero-order chi connectivity index (χ0) is 20.3. The topological polar surface area (TPSA) is 113 Å². The second-order valence-electron chi connectivity index (χ2n) is 6.85. The molecule has 1 aliphatic rings. The number of nitrogens with zero attached hydrogens (tertiary/aromatic N) is 1. The molecule has 0 spiro atoms.